The average molecular weight is 498 g/mol. The lowest BCUT2D eigenvalue weighted by Gasteiger charge is -2.32. The Morgan fingerprint density at radius 3 is 1.92 bits per heavy atom. The summed E-state index contributed by atoms with van der Waals surface area (Å²) in [6.45, 7) is 0. The molecule has 36 heavy (non-hydrogen) atoms. The Morgan fingerprint density at radius 2 is 1.36 bits per heavy atom. The molecule has 6 nitrogen and oxygen atoms in total. The van der Waals surface area contributed by atoms with E-state index in [9.17, 15) is 4.79 Å². The first-order valence-electron chi connectivity index (χ1n) is 12.4. The zero-order chi connectivity index (χ0) is 25.2. The highest BCUT2D eigenvalue weighted by molar-refractivity contribution is 7.80. The molecule has 0 aromatic heterocycles. The van der Waals surface area contributed by atoms with Gasteiger partial charge in [-0.15, -0.1) is 0 Å². The largest absolute Gasteiger partial charge is 0.353 e. The number of benzene rings is 3. The van der Waals surface area contributed by atoms with Crippen LogP contribution in [0.4, 0.5) is 10.5 Å². The van der Waals surface area contributed by atoms with Crippen LogP contribution in [0.1, 0.15) is 60.9 Å². The highest BCUT2D eigenvalue weighted by Gasteiger charge is 2.28. The summed E-state index contributed by atoms with van der Waals surface area (Å²) >= 11 is 5.67. The number of rotatable bonds is 7. The third-order valence-electron chi connectivity index (χ3n) is 6.44. The number of nitrogens with zero attached hydrogens (tertiary/aromatic N) is 1. The summed E-state index contributed by atoms with van der Waals surface area (Å²) in [5.41, 5.74) is 3.32. The summed E-state index contributed by atoms with van der Waals surface area (Å²) in [6.07, 6.45) is 5.56. The molecule has 1 aliphatic rings. The monoisotopic (exact) mass is 497 g/mol. The number of nitrogens with one attached hydrogen (secondary N) is 4. The van der Waals surface area contributed by atoms with Gasteiger partial charge in [0, 0.05) is 11.7 Å². The number of hydrogen-bond acceptors (Lipinski definition) is 3. The number of carbonyl (C=O) groups excluding carboxylic acids is 1. The van der Waals surface area contributed by atoms with Gasteiger partial charge in [0.2, 0.25) is 0 Å². The number of hydrogen-bond donors (Lipinski definition) is 4. The van der Waals surface area contributed by atoms with Crippen molar-refractivity contribution in [2.45, 2.75) is 50.2 Å². The van der Waals surface area contributed by atoms with Gasteiger partial charge in [0.1, 0.15) is 0 Å². The number of thiocarbonyl (C=S) groups is 1. The topological polar surface area (TPSA) is 89.0 Å². The summed E-state index contributed by atoms with van der Waals surface area (Å²) in [6, 6.07) is 28.5. The van der Waals surface area contributed by atoms with E-state index in [0.717, 1.165) is 42.5 Å². The molecular weight excluding hydrogens is 466 g/mol. The Kier molecular flexibility index (Phi) is 8.90. The molecule has 0 radical (unpaired) electrons. The van der Waals surface area contributed by atoms with Crippen LogP contribution in [0.3, 0.4) is 0 Å². The fraction of sp³-hybridized carbons (Fsp3) is 0.276. The SMILES string of the molecule is N#Cc1ccc(NC(=S)NC(c2ccccc2)C(NC(=O)NC2CCCCC2)c2ccccc2)cc1. The van der Waals surface area contributed by atoms with E-state index in [1.165, 1.54) is 6.42 Å². The molecule has 0 bridgehead atoms. The summed E-state index contributed by atoms with van der Waals surface area (Å²) in [5.74, 6) is 0. The van der Waals surface area contributed by atoms with Crippen molar-refractivity contribution in [3.63, 3.8) is 0 Å². The van der Waals surface area contributed by atoms with Crippen molar-refractivity contribution in [1.29, 1.82) is 5.26 Å². The Hall–Kier alpha value is -3.89. The van der Waals surface area contributed by atoms with Crippen molar-refractivity contribution in [3.05, 3.63) is 102 Å². The van der Waals surface area contributed by atoms with Crippen LogP contribution in [0.25, 0.3) is 0 Å². The Morgan fingerprint density at radius 1 is 0.806 bits per heavy atom. The molecule has 7 heteroatoms. The number of nitriles is 1. The average Bonchev–Trinajstić information content (AvgIpc) is 2.92. The maximum Gasteiger partial charge on any atom is 0.315 e. The van der Waals surface area contributed by atoms with Crippen molar-refractivity contribution in [3.8, 4) is 6.07 Å². The predicted octanol–water partition coefficient (Wildman–Crippen LogP) is 5.96. The molecule has 184 valence electrons. The normalized spacial score (nSPS) is 15.1. The standard InChI is InChI=1S/C29H31N5OS/c30-20-21-16-18-25(19-17-21)32-29(36)34-27(23-12-6-2-7-13-23)26(22-10-4-1-5-11-22)33-28(35)31-24-14-8-3-9-15-24/h1-2,4-7,10-13,16-19,24,26-27H,3,8-9,14-15H2,(H2,31,33,35)(H2,32,34,36). The van der Waals surface area contributed by atoms with Gasteiger partial charge >= 0.3 is 6.03 Å². The van der Waals surface area contributed by atoms with Crippen molar-refractivity contribution in [2.75, 3.05) is 5.32 Å². The molecule has 3 aromatic carbocycles. The number of carbonyl (C=O) groups is 1. The molecule has 2 amide bonds. The Bertz CT molecular complexity index is 1170. The van der Waals surface area contributed by atoms with Crippen molar-refractivity contribution in [1.82, 2.24) is 16.0 Å². The minimum absolute atomic E-state index is 0.176. The molecular formula is C29H31N5OS. The fourth-order valence-corrected chi connectivity index (χ4v) is 4.84. The zero-order valence-electron chi connectivity index (χ0n) is 20.1. The van der Waals surface area contributed by atoms with Crippen LogP contribution in [-0.2, 0) is 0 Å². The summed E-state index contributed by atoms with van der Waals surface area (Å²) < 4.78 is 0. The second kappa shape index (κ2) is 12.7. The lowest BCUT2D eigenvalue weighted by molar-refractivity contribution is 0.226. The molecule has 2 atom stereocenters. The molecule has 0 saturated heterocycles. The van der Waals surface area contributed by atoms with Crippen molar-refractivity contribution < 1.29 is 4.79 Å². The number of anilines is 1. The van der Waals surface area contributed by atoms with Crippen LogP contribution in [0.5, 0.6) is 0 Å². The van der Waals surface area contributed by atoms with Gasteiger partial charge in [0.15, 0.2) is 5.11 Å². The maximum absolute atomic E-state index is 13.1. The molecule has 3 aromatic rings. The van der Waals surface area contributed by atoms with Gasteiger partial charge in [-0.05, 0) is 60.5 Å². The molecule has 4 N–H and O–H groups in total. The highest BCUT2D eigenvalue weighted by Crippen LogP contribution is 2.29. The minimum atomic E-state index is -0.377. The smallest absolute Gasteiger partial charge is 0.315 e. The zero-order valence-corrected chi connectivity index (χ0v) is 20.9. The van der Waals surface area contributed by atoms with Crippen LogP contribution in [0.2, 0.25) is 0 Å². The first-order chi connectivity index (χ1) is 17.6. The maximum atomic E-state index is 13.1. The predicted molar refractivity (Wildman–Crippen MR) is 147 cm³/mol. The third kappa shape index (κ3) is 7.06. The molecule has 0 heterocycles. The molecule has 0 spiro atoms. The van der Waals surface area contributed by atoms with Gasteiger partial charge in [-0.2, -0.15) is 5.26 Å². The fourth-order valence-electron chi connectivity index (χ4n) is 4.59. The van der Waals surface area contributed by atoms with Crippen molar-refractivity contribution >= 4 is 29.0 Å². The van der Waals surface area contributed by atoms with Gasteiger partial charge in [0.05, 0.1) is 23.7 Å². The van der Waals surface area contributed by atoms with E-state index < -0.39 is 0 Å². The molecule has 0 aliphatic heterocycles. The Labute approximate surface area is 218 Å². The van der Waals surface area contributed by atoms with Gasteiger partial charge in [-0.3, -0.25) is 0 Å². The van der Waals surface area contributed by atoms with Gasteiger partial charge in [0.25, 0.3) is 0 Å². The summed E-state index contributed by atoms with van der Waals surface area (Å²) in [7, 11) is 0. The molecule has 1 fully saturated rings. The molecule has 4 rings (SSSR count). The van der Waals surface area contributed by atoms with E-state index in [-0.39, 0.29) is 24.2 Å². The first-order valence-corrected chi connectivity index (χ1v) is 12.8. The number of amides is 2. The van der Waals surface area contributed by atoms with Gasteiger partial charge in [-0.1, -0.05) is 79.9 Å². The van der Waals surface area contributed by atoms with E-state index in [1.807, 2.05) is 72.8 Å². The lowest BCUT2D eigenvalue weighted by Crippen LogP contribution is -2.48. The summed E-state index contributed by atoms with van der Waals surface area (Å²) in [5, 5.41) is 22.5. The van der Waals surface area contributed by atoms with Gasteiger partial charge < -0.3 is 21.3 Å². The van der Waals surface area contributed by atoms with E-state index in [2.05, 4.69) is 27.3 Å². The second-order valence-electron chi connectivity index (χ2n) is 9.02. The van der Waals surface area contributed by atoms with Crippen LogP contribution < -0.4 is 21.3 Å². The van der Waals surface area contributed by atoms with Crippen molar-refractivity contribution in [2.24, 2.45) is 0 Å². The van der Waals surface area contributed by atoms with Crippen LogP contribution in [0, 0.1) is 11.3 Å². The van der Waals surface area contributed by atoms with E-state index >= 15 is 0 Å². The molecule has 2 unspecified atom stereocenters. The van der Waals surface area contributed by atoms with E-state index in [1.54, 1.807) is 12.1 Å². The van der Waals surface area contributed by atoms with Crippen LogP contribution in [-0.4, -0.2) is 17.2 Å². The highest BCUT2D eigenvalue weighted by atomic mass is 32.1. The molecule has 1 saturated carbocycles. The van der Waals surface area contributed by atoms with Gasteiger partial charge in [-0.25, -0.2) is 4.79 Å². The number of urea groups is 1. The van der Waals surface area contributed by atoms with E-state index in [4.69, 9.17) is 17.5 Å². The first kappa shape index (κ1) is 25.2. The second-order valence-corrected chi connectivity index (χ2v) is 9.43. The molecule has 1 aliphatic carbocycles. The minimum Gasteiger partial charge on any atom is -0.353 e. The Balaban J connectivity index is 1.57. The van der Waals surface area contributed by atoms with E-state index in [0.29, 0.717) is 10.7 Å². The quantitative estimate of drug-likeness (QED) is 0.303. The summed E-state index contributed by atoms with van der Waals surface area (Å²) in [4.78, 5) is 13.1. The third-order valence-corrected chi connectivity index (χ3v) is 6.66. The van der Waals surface area contributed by atoms with Crippen LogP contribution in [0.15, 0.2) is 84.9 Å². The van der Waals surface area contributed by atoms with Crippen LogP contribution >= 0.6 is 12.2 Å². The lowest BCUT2D eigenvalue weighted by atomic mass is 9.93.